The van der Waals surface area contributed by atoms with Gasteiger partial charge in [0.1, 0.15) is 5.82 Å². The van der Waals surface area contributed by atoms with E-state index in [0.29, 0.717) is 17.0 Å². The predicted octanol–water partition coefficient (Wildman–Crippen LogP) is 1.92. The number of fused-ring (bicyclic) bond motifs is 1. The normalized spacial score (nSPS) is 17.6. The number of likely N-dealkylation sites (tertiary alicyclic amines) is 1. The summed E-state index contributed by atoms with van der Waals surface area (Å²) in [6, 6.07) is 3.40. The van der Waals surface area contributed by atoms with E-state index in [1.54, 1.807) is 18.3 Å². The van der Waals surface area contributed by atoms with Crippen LogP contribution >= 0.6 is 0 Å². The van der Waals surface area contributed by atoms with Crippen molar-refractivity contribution in [3.8, 4) is 0 Å². The van der Waals surface area contributed by atoms with Gasteiger partial charge in [-0.2, -0.15) is 0 Å². The van der Waals surface area contributed by atoms with E-state index in [1.807, 2.05) is 10.6 Å². The molecular formula is C15H19N3O2. The fourth-order valence-corrected chi connectivity index (χ4v) is 2.93. The van der Waals surface area contributed by atoms with Gasteiger partial charge in [-0.3, -0.25) is 0 Å². The molecule has 0 aromatic carbocycles. The molecule has 5 heteroatoms. The van der Waals surface area contributed by atoms with Gasteiger partial charge in [-0.1, -0.05) is 0 Å². The SMILES string of the molecule is CN1CCC(Cc2ncc3c(C(=O)O)cccn23)CC1. The second-order valence-corrected chi connectivity index (χ2v) is 5.61. The zero-order chi connectivity index (χ0) is 14.1. The average Bonchev–Trinajstić information content (AvgIpc) is 2.84. The molecule has 1 fully saturated rings. The number of hydrogen-bond acceptors (Lipinski definition) is 3. The molecule has 3 heterocycles. The molecule has 0 atom stereocenters. The van der Waals surface area contributed by atoms with E-state index in [1.165, 1.54) is 12.8 Å². The Bertz CT molecular complexity index is 627. The maximum absolute atomic E-state index is 11.2. The smallest absolute Gasteiger partial charge is 0.337 e. The Morgan fingerprint density at radius 3 is 2.90 bits per heavy atom. The minimum Gasteiger partial charge on any atom is -0.478 e. The lowest BCUT2D eigenvalue weighted by Gasteiger charge is -2.28. The van der Waals surface area contributed by atoms with E-state index < -0.39 is 5.97 Å². The number of nitrogens with zero attached hydrogens (tertiary/aromatic N) is 3. The molecule has 2 aromatic rings. The monoisotopic (exact) mass is 273 g/mol. The summed E-state index contributed by atoms with van der Waals surface area (Å²) in [5.41, 5.74) is 0.998. The van der Waals surface area contributed by atoms with E-state index in [-0.39, 0.29) is 0 Å². The van der Waals surface area contributed by atoms with Crippen LogP contribution in [0, 0.1) is 5.92 Å². The lowest BCUT2D eigenvalue weighted by Crippen LogP contribution is -2.31. The predicted molar refractivity (Wildman–Crippen MR) is 76.1 cm³/mol. The van der Waals surface area contributed by atoms with Crippen molar-refractivity contribution in [2.45, 2.75) is 19.3 Å². The average molecular weight is 273 g/mol. The molecule has 3 rings (SSSR count). The quantitative estimate of drug-likeness (QED) is 0.928. The molecule has 0 saturated carbocycles. The molecule has 0 spiro atoms. The molecule has 5 nitrogen and oxygen atoms in total. The minimum absolute atomic E-state index is 0.314. The molecule has 0 unspecified atom stereocenters. The van der Waals surface area contributed by atoms with E-state index in [2.05, 4.69) is 16.9 Å². The van der Waals surface area contributed by atoms with Gasteiger partial charge in [0.05, 0.1) is 17.3 Å². The van der Waals surface area contributed by atoms with Crippen LogP contribution in [0.3, 0.4) is 0 Å². The molecule has 1 N–H and O–H groups in total. The summed E-state index contributed by atoms with van der Waals surface area (Å²) >= 11 is 0. The molecule has 20 heavy (non-hydrogen) atoms. The first kappa shape index (κ1) is 13.1. The summed E-state index contributed by atoms with van der Waals surface area (Å²) < 4.78 is 1.92. The number of imidazole rings is 1. The molecule has 0 radical (unpaired) electrons. The molecule has 106 valence electrons. The van der Waals surface area contributed by atoms with Crippen LogP contribution in [0.1, 0.15) is 29.0 Å². The molecule has 1 aliphatic rings. The van der Waals surface area contributed by atoms with Gasteiger partial charge in [0.2, 0.25) is 0 Å². The third-order valence-electron chi connectivity index (χ3n) is 4.19. The van der Waals surface area contributed by atoms with Crippen molar-refractivity contribution in [3.05, 3.63) is 35.9 Å². The van der Waals surface area contributed by atoms with Crippen LogP contribution in [0.25, 0.3) is 5.52 Å². The number of aromatic nitrogens is 2. The van der Waals surface area contributed by atoms with Crippen LogP contribution in [-0.4, -0.2) is 45.5 Å². The van der Waals surface area contributed by atoms with Gasteiger partial charge in [-0.05, 0) is 51.0 Å². The van der Waals surface area contributed by atoms with Gasteiger partial charge in [0.25, 0.3) is 0 Å². The molecule has 0 amide bonds. The molecule has 1 aliphatic heterocycles. The molecule has 1 saturated heterocycles. The third kappa shape index (κ3) is 2.41. The highest BCUT2D eigenvalue weighted by molar-refractivity contribution is 5.95. The Hall–Kier alpha value is -1.88. The van der Waals surface area contributed by atoms with Crippen molar-refractivity contribution >= 4 is 11.5 Å². The van der Waals surface area contributed by atoms with Crippen molar-refractivity contribution in [2.75, 3.05) is 20.1 Å². The van der Waals surface area contributed by atoms with Crippen molar-refractivity contribution in [1.29, 1.82) is 0 Å². The van der Waals surface area contributed by atoms with Crippen LogP contribution in [0.4, 0.5) is 0 Å². The number of hydrogen-bond donors (Lipinski definition) is 1. The van der Waals surface area contributed by atoms with Gasteiger partial charge < -0.3 is 14.4 Å². The van der Waals surface area contributed by atoms with Crippen molar-refractivity contribution in [3.63, 3.8) is 0 Å². The fourth-order valence-electron chi connectivity index (χ4n) is 2.93. The first-order valence-corrected chi connectivity index (χ1v) is 7.02. The van der Waals surface area contributed by atoms with E-state index in [4.69, 9.17) is 0 Å². The lowest BCUT2D eigenvalue weighted by atomic mass is 9.93. The summed E-state index contributed by atoms with van der Waals surface area (Å²) in [5.74, 6) is 0.712. The third-order valence-corrected chi connectivity index (χ3v) is 4.19. The van der Waals surface area contributed by atoms with E-state index >= 15 is 0 Å². The van der Waals surface area contributed by atoms with Crippen LogP contribution < -0.4 is 0 Å². The molecule has 0 aliphatic carbocycles. The van der Waals surface area contributed by atoms with Gasteiger partial charge in [-0.15, -0.1) is 0 Å². The molecule has 2 aromatic heterocycles. The summed E-state index contributed by atoms with van der Waals surface area (Å²) in [4.78, 5) is 18.0. The Morgan fingerprint density at radius 1 is 1.45 bits per heavy atom. The van der Waals surface area contributed by atoms with Gasteiger partial charge in [0, 0.05) is 12.6 Å². The van der Waals surface area contributed by atoms with Crippen molar-refractivity contribution in [2.24, 2.45) is 5.92 Å². The number of carboxylic acids is 1. The summed E-state index contributed by atoms with van der Waals surface area (Å²) in [7, 11) is 2.15. The Balaban J connectivity index is 1.86. The Kier molecular flexibility index (Phi) is 3.44. The number of carboxylic acid groups (broad SMARTS) is 1. The number of piperidine rings is 1. The zero-order valence-corrected chi connectivity index (χ0v) is 11.6. The minimum atomic E-state index is -0.902. The van der Waals surface area contributed by atoms with Gasteiger partial charge in [0.15, 0.2) is 0 Å². The van der Waals surface area contributed by atoms with E-state index in [9.17, 15) is 9.90 Å². The standard InChI is InChI=1S/C15H19N3O2/c1-17-7-4-11(5-8-17)9-14-16-10-13-12(15(19)20)3-2-6-18(13)14/h2-3,6,10-11H,4-5,7-9H2,1H3,(H,19,20). The Morgan fingerprint density at radius 2 is 2.20 bits per heavy atom. The molecule has 0 bridgehead atoms. The summed E-state index contributed by atoms with van der Waals surface area (Å²) in [6.45, 7) is 2.27. The second kappa shape index (κ2) is 5.25. The van der Waals surface area contributed by atoms with Crippen LogP contribution in [0.2, 0.25) is 0 Å². The largest absolute Gasteiger partial charge is 0.478 e. The number of aromatic carboxylic acids is 1. The van der Waals surface area contributed by atoms with E-state index in [0.717, 1.165) is 25.3 Å². The maximum Gasteiger partial charge on any atom is 0.337 e. The summed E-state index contributed by atoms with van der Waals surface area (Å²) in [5, 5.41) is 9.20. The maximum atomic E-state index is 11.2. The van der Waals surface area contributed by atoms with Crippen molar-refractivity contribution < 1.29 is 9.90 Å². The first-order valence-electron chi connectivity index (χ1n) is 7.02. The summed E-state index contributed by atoms with van der Waals surface area (Å²) in [6.07, 6.45) is 6.87. The lowest BCUT2D eigenvalue weighted by molar-refractivity contribution is 0.0698. The Labute approximate surface area is 117 Å². The second-order valence-electron chi connectivity index (χ2n) is 5.61. The number of pyridine rings is 1. The number of rotatable bonds is 3. The van der Waals surface area contributed by atoms with Crippen molar-refractivity contribution in [1.82, 2.24) is 14.3 Å². The zero-order valence-electron chi connectivity index (χ0n) is 11.6. The highest BCUT2D eigenvalue weighted by atomic mass is 16.4. The fraction of sp³-hybridized carbons (Fsp3) is 0.467. The van der Waals surface area contributed by atoms with Crippen LogP contribution in [-0.2, 0) is 6.42 Å². The molecular weight excluding hydrogens is 254 g/mol. The highest BCUT2D eigenvalue weighted by Gasteiger charge is 2.19. The van der Waals surface area contributed by atoms with Gasteiger partial charge in [-0.25, -0.2) is 9.78 Å². The first-order chi connectivity index (χ1) is 9.65. The topological polar surface area (TPSA) is 57.8 Å². The van der Waals surface area contributed by atoms with Crippen LogP contribution in [0.15, 0.2) is 24.5 Å². The van der Waals surface area contributed by atoms with Gasteiger partial charge >= 0.3 is 5.97 Å². The number of carbonyl (C=O) groups is 1. The highest BCUT2D eigenvalue weighted by Crippen LogP contribution is 2.22. The van der Waals surface area contributed by atoms with Crippen LogP contribution in [0.5, 0.6) is 0 Å².